The Hall–Kier alpha value is -1.56. The van der Waals surface area contributed by atoms with E-state index in [0.29, 0.717) is 18.1 Å². The molecule has 1 unspecified atom stereocenters. The van der Waals surface area contributed by atoms with E-state index in [9.17, 15) is 9.90 Å². The molecule has 0 fully saturated rings. The molecule has 1 atom stereocenters. The highest BCUT2D eigenvalue weighted by Crippen LogP contribution is 2.26. The largest absolute Gasteiger partial charge is 0.392 e. The van der Waals surface area contributed by atoms with E-state index in [0.717, 1.165) is 0 Å². The first-order valence-electron chi connectivity index (χ1n) is 7.63. The van der Waals surface area contributed by atoms with E-state index >= 15 is 0 Å². The first kappa shape index (κ1) is 18.5. The second-order valence-corrected chi connectivity index (χ2v) is 7.81. The lowest BCUT2D eigenvalue weighted by molar-refractivity contribution is 0.0154. The molecule has 6 nitrogen and oxygen atoms in total. The summed E-state index contributed by atoms with van der Waals surface area (Å²) < 4.78 is 5.21. The lowest BCUT2D eigenvalue weighted by Crippen LogP contribution is -2.44. The molecule has 1 rings (SSSR count). The van der Waals surface area contributed by atoms with Crippen molar-refractivity contribution in [2.24, 2.45) is 11.3 Å². The Morgan fingerprint density at radius 1 is 1.32 bits per heavy atom. The van der Waals surface area contributed by atoms with Crippen molar-refractivity contribution in [3.8, 4) is 0 Å². The number of nitrogens with one attached hydrogen (secondary N) is 2. The molecule has 6 heteroatoms. The van der Waals surface area contributed by atoms with Gasteiger partial charge in [-0.05, 0) is 5.92 Å². The number of hydrogen-bond donors (Lipinski definition) is 3. The summed E-state index contributed by atoms with van der Waals surface area (Å²) in [6.07, 6.45) is -0.493. The number of anilines is 1. The van der Waals surface area contributed by atoms with Gasteiger partial charge in [-0.1, -0.05) is 53.6 Å². The third kappa shape index (κ3) is 5.02. The standard InChI is InChI=1S/C16H29N3O3/c1-10(2)13(20)16(6,7)9-17-14(21)18-12-8-11(22-19-12)15(3,4)5/h8,10,13,20H,9H2,1-7H3,(H2,17,18,19,21). The van der Waals surface area contributed by atoms with Gasteiger partial charge in [0.15, 0.2) is 5.82 Å². The number of aromatic nitrogens is 1. The van der Waals surface area contributed by atoms with Crippen LogP contribution in [0.1, 0.15) is 54.2 Å². The van der Waals surface area contributed by atoms with Crippen LogP contribution >= 0.6 is 0 Å². The second kappa shape index (κ2) is 6.69. The summed E-state index contributed by atoms with van der Waals surface area (Å²) in [4.78, 5) is 11.9. The Morgan fingerprint density at radius 3 is 2.36 bits per heavy atom. The lowest BCUT2D eigenvalue weighted by Gasteiger charge is -2.33. The van der Waals surface area contributed by atoms with Gasteiger partial charge in [-0.25, -0.2) is 4.79 Å². The number of hydrogen-bond acceptors (Lipinski definition) is 4. The number of rotatable bonds is 5. The zero-order valence-corrected chi connectivity index (χ0v) is 14.7. The molecule has 1 heterocycles. The summed E-state index contributed by atoms with van der Waals surface area (Å²) in [6, 6.07) is 1.35. The minimum atomic E-state index is -0.493. The minimum absolute atomic E-state index is 0.129. The maximum atomic E-state index is 11.9. The van der Waals surface area contributed by atoms with Gasteiger partial charge in [-0.3, -0.25) is 5.32 Å². The Bertz CT molecular complexity index is 501. The van der Waals surface area contributed by atoms with Crippen LogP contribution in [0.15, 0.2) is 10.6 Å². The van der Waals surface area contributed by atoms with Crippen molar-refractivity contribution in [1.82, 2.24) is 10.5 Å². The molecule has 0 saturated carbocycles. The SMILES string of the molecule is CC(C)C(O)C(C)(C)CNC(=O)Nc1cc(C(C)(C)C)on1. The zero-order chi connectivity index (χ0) is 17.1. The van der Waals surface area contributed by atoms with Gasteiger partial charge in [0.2, 0.25) is 0 Å². The van der Waals surface area contributed by atoms with E-state index in [1.165, 1.54) is 0 Å². The topological polar surface area (TPSA) is 87.4 Å². The number of carbonyl (C=O) groups excluding carboxylic acids is 1. The van der Waals surface area contributed by atoms with Crippen LogP contribution in [-0.2, 0) is 5.41 Å². The summed E-state index contributed by atoms with van der Waals surface area (Å²) >= 11 is 0. The zero-order valence-electron chi connectivity index (χ0n) is 14.7. The van der Waals surface area contributed by atoms with Crippen LogP contribution in [0.25, 0.3) is 0 Å². The molecule has 3 N–H and O–H groups in total. The van der Waals surface area contributed by atoms with Gasteiger partial charge in [0.1, 0.15) is 5.76 Å². The summed E-state index contributed by atoms with van der Waals surface area (Å²) in [7, 11) is 0. The molecule has 0 spiro atoms. The van der Waals surface area contributed by atoms with Gasteiger partial charge < -0.3 is 14.9 Å². The van der Waals surface area contributed by atoms with Crippen molar-refractivity contribution >= 4 is 11.8 Å². The van der Waals surface area contributed by atoms with Gasteiger partial charge in [0.25, 0.3) is 0 Å². The van der Waals surface area contributed by atoms with E-state index in [1.807, 2.05) is 48.5 Å². The molecule has 1 aromatic rings. The first-order chi connectivity index (χ1) is 9.93. The maximum Gasteiger partial charge on any atom is 0.320 e. The van der Waals surface area contributed by atoms with Crippen molar-refractivity contribution in [3.63, 3.8) is 0 Å². The molecular weight excluding hydrogens is 282 g/mol. The molecule has 0 saturated heterocycles. The van der Waals surface area contributed by atoms with Gasteiger partial charge in [0.05, 0.1) is 6.10 Å². The number of aliphatic hydroxyl groups excluding tert-OH is 1. The summed E-state index contributed by atoms with van der Waals surface area (Å²) in [5, 5.41) is 19.4. The quantitative estimate of drug-likeness (QED) is 0.779. The average molecular weight is 311 g/mol. The third-order valence-corrected chi connectivity index (χ3v) is 3.63. The summed E-state index contributed by atoms with van der Waals surface area (Å²) in [5.74, 6) is 1.22. The van der Waals surface area contributed by atoms with E-state index in [-0.39, 0.29) is 17.4 Å². The fourth-order valence-corrected chi connectivity index (χ4v) is 2.16. The molecule has 126 valence electrons. The number of amides is 2. The number of nitrogens with zero attached hydrogens (tertiary/aromatic N) is 1. The average Bonchev–Trinajstić information content (AvgIpc) is 2.84. The Labute approximate surface area is 132 Å². The first-order valence-corrected chi connectivity index (χ1v) is 7.63. The van der Waals surface area contributed by atoms with E-state index in [1.54, 1.807) is 6.07 Å². The van der Waals surface area contributed by atoms with Crippen molar-refractivity contribution in [2.45, 2.75) is 60.0 Å². The lowest BCUT2D eigenvalue weighted by atomic mass is 9.81. The molecule has 1 aromatic heterocycles. The van der Waals surface area contributed by atoms with Gasteiger partial charge in [-0.15, -0.1) is 0 Å². The molecule has 0 bridgehead atoms. The summed E-state index contributed by atoms with van der Waals surface area (Å²) in [6.45, 7) is 14.1. The summed E-state index contributed by atoms with van der Waals surface area (Å²) in [5.41, 5.74) is -0.571. The maximum absolute atomic E-state index is 11.9. The fraction of sp³-hybridized carbons (Fsp3) is 0.750. The van der Waals surface area contributed by atoms with Gasteiger partial charge in [0, 0.05) is 23.4 Å². The normalized spacial score (nSPS) is 14.0. The van der Waals surface area contributed by atoms with Crippen LogP contribution in [0.4, 0.5) is 10.6 Å². The smallest absolute Gasteiger partial charge is 0.320 e. The highest BCUT2D eigenvalue weighted by molar-refractivity contribution is 5.88. The number of aliphatic hydroxyl groups is 1. The minimum Gasteiger partial charge on any atom is -0.392 e. The monoisotopic (exact) mass is 311 g/mol. The van der Waals surface area contributed by atoms with Crippen molar-refractivity contribution in [3.05, 3.63) is 11.8 Å². The second-order valence-electron chi connectivity index (χ2n) is 7.81. The van der Waals surface area contributed by atoms with Crippen LogP contribution in [0, 0.1) is 11.3 Å². The Kier molecular flexibility index (Phi) is 5.62. The van der Waals surface area contributed by atoms with Gasteiger partial charge in [-0.2, -0.15) is 0 Å². The molecule has 0 aliphatic carbocycles. The molecular formula is C16H29N3O3. The molecule has 0 aromatic carbocycles. The highest BCUT2D eigenvalue weighted by Gasteiger charge is 2.30. The molecule has 0 aliphatic rings. The van der Waals surface area contributed by atoms with E-state index in [4.69, 9.17) is 4.52 Å². The van der Waals surface area contributed by atoms with Crippen molar-refractivity contribution in [2.75, 3.05) is 11.9 Å². The van der Waals surface area contributed by atoms with Crippen molar-refractivity contribution < 1.29 is 14.4 Å². The Balaban J connectivity index is 2.55. The fourth-order valence-electron chi connectivity index (χ4n) is 2.16. The number of carbonyl (C=O) groups is 1. The van der Waals surface area contributed by atoms with Gasteiger partial charge >= 0.3 is 6.03 Å². The van der Waals surface area contributed by atoms with Crippen LogP contribution in [-0.4, -0.2) is 28.9 Å². The Morgan fingerprint density at radius 2 is 1.91 bits per heavy atom. The van der Waals surface area contributed by atoms with Crippen LogP contribution in [0.5, 0.6) is 0 Å². The molecule has 2 amide bonds. The van der Waals surface area contributed by atoms with Crippen LogP contribution in [0.3, 0.4) is 0 Å². The highest BCUT2D eigenvalue weighted by atomic mass is 16.5. The predicted octanol–water partition coefficient (Wildman–Crippen LogP) is 3.14. The van der Waals surface area contributed by atoms with E-state index < -0.39 is 11.5 Å². The molecule has 22 heavy (non-hydrogen) atoms. The third-order valence-electron chi connectivity index (χ3n) is 3.63. The van der Waals surface area contributed by atoms with E-state index in [2.05, 4.69) is 15.8 Å². The van der Waals surface area contributed by atoms with Crippen LogP contribution in [0.2, 0.25) is 0 Å². The van der Waals surface area contributed by atoms with Crippen molar-refractivity contribution in [1.29, 1.82) is 0 Å². The predicted molar refractivity (Wildman–Crippen MR) is 86.9 cm³/mol. The van der Waals surface area contributed by atoms with Crippen LogP contribution < -0.4 is 10.6 Å². The number of urea groups is 1. The molecule has 0 radical (unpaired) electrons. The molecule has 0 aliphatic heterocycles.